The van der Waals surface area contributed by atoms with Crippen molar-refractivity contribution in [1.29, 1.82) is 0 Å². The Labute approximate surface area is 203 Å². The Morgan fingerprint density at radius 1 is 0.971 bits per heavy atom. The molecule has 1 saturated heterocycles. The number of hydrogen-bond acceptors (Lipinski definition) is 7. The van der Waals surface area contributed by atoms with Crippen molar-refractivity contribution in [2.24, 2.45) is 0 Å². The van der Waals surface area contributed by atoms with Crippen molar-refractivity contribution in [2.45, 2.75) is 34.7 Å². The minimum atomic E-state index is -1.65. The van der Waals surface area contributed by atoms with Gasteiger partial charge in [0.15, 0.2) is 17.5 Å². The Hall–Kier alpha value is -1.93. The molecular formula is C20H15Cl2F4N3O4S. The SMILES string of the molecule is OC[C@@H]1O[C@@H](Sc2cc(Cl)c(Cl)cc2F)[C@@H](O)[C@H](n2cc(-c3cc(F)c(F)c(F)c3)nn2)[C@@H]1O. The summed E-state index contributed by atoms with van der Waals surface area (Å²) in [5, 5.41) is 38.8. The van der Waals surface area contributed by atoms with E-state index in [1.807, 2.05) is 0 Å². The van der Waals surface area contributed by atoms with Crippen LogP contribution in [0.3, 0.4) is 0 Å². The smallest absolute Gasteiger partial charge is 0.194 e. The number of thioether (sulfide) groups is 1. The average Bonchev–Trinajstić information content (AvgIpc) is 3.27. The van der Waals surface area contributed by atoms with Gasteiger partial charge in [-0.2, -0.15) is 0 Å². The van der Waals surface area contributed by atoms with E-state index >= 15 is 0 Å². The molecule has 3 N–H and O–H groups in total. The number of aliphatic hydroxyl groups is 3. The first-order chi connectivity index (χ1) is 16.1. The third-order valence-electron chi connectivity index (χ3n) is 5.16. The van der Waals surface area contributed by atoms with Crippen molar-refractivity contribution >= 4 is 35.0 Å². The molecular weight excluding hydrogens is 525 g/mol. The zero-order valence-corrected chi connectivity index (χ0v) is 19.1. The Morgan fingerprint density at radius 3 is 2.26 bits per heavy atom. The van der Waals surface area contributed by atoms with Crippen molar-refractivity contribution in [3.8, 4) is 11.3 Å². The number of rotatable bonds is 5. The average molecular weight is 540 g/mol. The molecule has 34 heavy (non-hydrogen) atoms. The Morgan fingerprint density at radius 2 is 1.62 bits per heavy atom. The number of nitrogens with zero attached hydrogens (tertiary/aromatic N) is 3. The van der Waals surface area contributed by atoms with Crippen LogP contribution in [0.15, 0.2) is 35.4 Å². The van der Waals surface area contributed by atoms with E-state index in [2.05, 4.69) is 10.3 Å². The number of aliphatic hydroxyl groups excluding tert-OH is 3. The van der Waals surface area contributed by atoms with Crippen LogP contribution in [0.25, 0.3) is 11.3 Å². The van der Waals surface area contributed by atoms with Crippen LogP contribution in [0, 0.1) is 23.3 Å². The van der Waals surface area contributed by atoms with Gasteiger partial charge >= 0.3 is 0 Å². The summed E-state index contributed by atoms with van der Waals surface area (Å²) in [7, 11) is 0. The predicted molar refractivity (Wildman–Crippen MR) is 114 cm³/mol. The highest BCUT2D eigenvalue weighted by Crippen LogP contribution is 2.40. The van der Waals surface area contributed by atoms with Gasteiger partial charge in [0.1, 0.15) is 41.3 Å². The van der Waals surface area contributed by atoms with Crippen LogP contribution in [-0.4, -0.2) is 60.7 Å². The summed E-state index contributed by atoms with van der Waals surface area (Å²) in [6.45, 7) is -0.652. The molecule has 0 amide bonds. The second-order valence-electron chi connectivity index (χ2n) is 7.35. The van der Waals surface area contributed by atoms with Gasteiger partial charge in [0.05, 0.1) is 22.8 Å². The fourth-order valence-electron chi connectivity index (χ4n) is 3.46. The zero-order chi connectivity index (χ0) is 24.7. The fourth-order valence-corrected chi connectivity index (χ4v) is 4.94. The van der Waals surface area contributed by atoms with Crippen molar-refractivity contribution in [1.82, 2.24) is 15.0 Å². The van der Waals surface area contributed by atoms with Crippen molar-refractivity contribution in [2.75, 3.05) is 6.61 Å². The molecule has 3 aromatic rings. The van der Waals surface area contributed by atoms with Crippen molar-refractivity contribution < 1.29 is 37.6 Å². The Bertz CT molecular complexity index is 1200. The molecule has 1 aromatic heterocycles. The molecule has 5 atom stereocenters. The molecule has 0 spiro atoms. The summed E-state index contributed by atoms with van der Waals surface area (Å²) < 4.78 is 61.4. The number of ether oxygens (including phenoxy) is 1. The summed E-state index contributed by atoms with van der Waals surface area (Å²) >= 11 is 12.5. The van der Waals surface area contributed by atoms with Gasteiger partial charge in [0.25, 0.3) is 0 Å². The van der Waals surface area contributed by atoms with Crippen LogP contribution in [0.2, 0.25) is 10.0 Å². The lowest BCUT2D eigenvalue weighted by Gasteiger charge is -2.41. The largest absolute Gasteiger partial charge is 0.394 e. The predicted octanol–water partition coefficient (Wildman–Crippen LogP) is 3.58. The van der Waals surface area contributed by atoms with Crippen LogP contribution in [0.4, 0.5) is 17.6 Å². The molecule has 7 nitrogen and oxygen atoms in total. The van der Waals surface area contributed by atoms with E-state index < -0.39 is 59.7 Å². The van der Waals surface area contributed by atoms with E-state index in [1.165, 1.54) is 12.3 Å². The van der Waals surface area contributed by atoms with Gasteiger partial charge in [-0.05, 0) is 24.3 Å². The Kier molecular flexibility index (Phi) is 7.38. The molecule has 0 radical (unpaired) electrons. The van der Waals surface area contributed by atoms with Crippen LogP contribution in [0.1, 0.15) is 6.04 Å². The maximum Gasteiger partial charge on any atom is 0.194 e. The van der Waals surface area contributed by atoms with Gasteiger partial charge in [0, 0.05) is 10.5 Å². The highest BCUT2D eigenvalue weighted by molar-refractivity contribution is 7.99. The monoisotopic (exact) mass is 539 g/mol. The van der Waals surface area contributed by atoms with E-state index in [9.17, 15) is 32.9 Å². The van der Waals surface area contributed by atoms with Gasteiger partial charge in [0.2, 0.25) is 0 Å². The molecule has 1 fully saturated rings. The molecule has 1 aliphatic heterocycles. The standard InChI is InChI=1S/C20H15Cl2F4N3O4S/c21-8-3-10(23)15(4-9(8)22)34-20-19(32)17(18(31)14(6-30)33-20)29-5-13(27-28-29)7-1-11(24)16(26)12(25)2-7/h1-5,14,17-20,30-32H,6H2/t14-,17+,18+,19-,20-/m0/s1. The quantitative estimate of drug-likeness (QED) is 0.259. The summed E-state index contributed by atoms with van der Waals surface area (Å²) in [4.78, 5) is -0.0122. The summed E-state index contributed by atoms with van der Waals surface area (Å²) in [5.74, 6) is -5.25. The lowest BCUT2D eigenvalue weighted by Crippen LogP contribution is -2.55. The van der Waals surface area contributed by atoms with Gasteiger partial charge in [-0.1, -0.05) is 40.2 Å². The van der Waals surface area contributed by atoms with E-state index in [-0.39, 0.29) is 26.2 Å². The fraction of sp³-hybridized carbons (Fsp3) is 0.300. The molecule has 0 bridgehead atoms. The van der Waals surface area contributed by atoms with E-state index in [1.54, 1.807) is 0 Å². The number of aromatic nitrogens is 3. The van der Waals surface area contributed by atoms with Gasteiger partial charge in [-0.25, -0.2) is 22.2 Å². The van der Waals surface area contributed by atoms with Crippen molar-refractivity contribution in [3.05, 3.63) is 63.8 Å². The zero-order valence-electron chi connectivity index (χ0n) is 16.7. The summed E-state index contributed by atoms with van der Waals surface area (Å²) in [5.41, 5.74) is -1.42. The van der Waals surface area contributed by atoms with E-state index in [4.69, 9.17) is 27.9 Å². The van der Waals surface area contributed by atoms with Crippen LogP contribution in [-0.2, 0) is 4.74 Å². The van der Waals surface area contributed by atoms with Gasteiger partial charge < -0.3 is 20.1 Å². The van der Waals surface area contributed by atoms with Crippen LogP contribution < -0.4 is 0 Å². The molecule has 182 valence electrons. The van der Waals surface area contributed by atoms with E-state index in [0.717, 1.165) is 22.5 Å². The summed E-state index contributed by atoms with van der Waals surface area (Å²) in [6.07, 6.45) is -3.05. The Balaban J connectivity index is 1.65. The lowest BCUT2D eigenvalue weighted by atomic mass is 9.97. The normalized spacial score (nSPS) is 25.0. The first-order valence-electron chi connectivity index (χ1n) is 9.61. The number of halogens is 6. The maximum absolute atomic E-state index is 14.4. The highest BCUT2D eigenvalue weighted by Gasteiger charge is 2.46. The van der Waals surface area contributed by atoms with Crippen LogP contribution in [0.5, 0.6) is 0 Å². The molecule has 0 saturated carbocycles. The number of benzene rings is 2. The molecule has 0 unspecified atom stereocenters. The molecule has 2 heterocycles. The third-order valence-corrected chi connectivity index (χ3v) is 7.07. The van der Waals surface area contributed by atoms with Crippen LogP contribution >= 0.6 is 35.0 Å². The third kappa shape index (κ3) is 4.76. The minimum Gasteiger partial charge on any atom is -0.394 e. The minimum absolute atomic E-state index is 0.0122. The molecule has 14 heteroatoms. The molecule has 0 aliphatic carbocycles. The first-order valence-corrected chi connectivity index (χ1v) is 11.2. The second kappa shape index (κ2) is 9.97. The molecule has 2 aromatic carbocycles. The summed E-state index contributed by atoms with van der Waals surface area (Å²) in [6, 6.07) is 2.39. The van der Waals surface area contributed by atoms with Crippen molar-refractivity contribution in [3.63, 3.8) is 0 Å². The van der Waals surface area contributed by atoms with E-state index in [0.29, 0.717) is 12.1 Å². The first kappa shape index (κ1) is 25.2. The highest BCUT2D eigenvalue weighted by atomic mass is 35.5. The molecule has 1 aliphatic rings. The topological polar surface area (TPSA) is 101 Å². The number of hydrogen-bond donors (Lipinski definition) is 3. The second-order valence-corrected chi connectivity index (χ2v) is 9.30. The lowest BCUT2D eigenvalue weighted by molar-refractivity contribution is -0.178. The van der Waals surface area contributed by atoms with Gasteiger partial charge in [-0.15, -0.1) is 5.10 Å². The maximum atomic E-state index is 14.4. The van der Waals surface area contributed by atoms with Gasteiger partial charge in [-0.3, -0.25) is 0 Å². The molecule has 4 rings (SSSR count).